The van der Waals surface area contributed by atoms with E-state index in [9.17, 15) is 9.59 Å². The predicted octanol–water partition coefficient (Wildman–Crippen LogP) is 2.95. The molecule has 0 spiro atoms. The van der Waals surface area contributed by atoms with Crippen LogP contribution in [0.2, 0.25) is 5.02 Å². The van der Waals surface area contributed by atoms with Crippen LogP contribution in [0.25, 0.3) is 0 Å². The maximum atomic E-state index is 12.6. The SMILES string of the molecule is CC(Oc1ccc(Cl)cc1Br)C(=O)N1CCN(C(=O)C2CC2)CC1. The Hall–Kier alpha value is -1.27. The van der Waals surface area contributed by atoms with Crippen LogP contribution in [0.4, 0.5) is 0 Å². The summed E-state index contributed by atoms with van der Waals surface area (Å²) < 4.78 is 6.48. The van der Waals surface area contributed by atoms with E-state index in [2.05, 4.69) is 15.9 Å². The molecule has 7 heteroatoms. The molecule has 2 amide bonds. The second-order valence-corrected chi connectivity index (χ2v) is 7.55. The Balaban J connectivity index is 1.53. The van der Waals surface area contributed by atoms with Gasteiger partial charge >= 0.3 is 0 Å². The van der Waals surface area contributed by atoms with Gasteiger partial charge in [0, 0.05) is 37.1 Å². The Morgan fingerprint density at radius 3 is 2.42 bits per heavy atom. The van der Waals surface area contributed by atoms with Crippen molar-refractivity contribution in [3.05, 3.63) is 27.7 Å². The summed E-state index contributed by atoms with van der Waals surface area (Å²) in [6, 6.07) is 5.19. The smallest absolute Gasteiger partial charge is 0.263 e. The number of carbonyl (C=O) groups excluding carboxylic acids is 2. The summed E-state index contributed by atoms with van der Waals surface area (Å²) in [6.45, 7) is 4.08. The Morgan fingerprint density at radius 1 is 1.21 bits per heavy atom. The molecule has 1 aromatic rings. The van der Waals surface area contributed by atoms with E-state index in [-0.39, 0.29) is 17.7 Å². The minimum atomic E-state index is -0.590. The summed E-state index contributed by atoms with van der Waals surface area (Å²) in [5.74, 6) is 1.01. The van der Waals surface area contributed by atoms with Crippen molar-refractivity contribution in [2.45, 2.75) is 25.9 Å². The first-order valence-corrected chi connectivity index (χ1v) is 9.32. The van der Waals surface area contributed by atoms with Crippen molar-refractivity contribution in [2.24, 2.45) is 5.92 Å². The van der Waals surface area contributed by atoms with E-state index < -0.39 is 6.10 Å². The van der Waals surface area contributed by atoms with Gasteiger partial charge in [0.2, 0.25) is 5.91 Å². The van der Waals surface area contributed by atoms with Crippen LogP contribution in [-0.4, -0.2) is 53.9 Å². The largest absolute Gasteiger partial charge is 0.480 e. The van der Waals surface area contributed by atoms with Gasteiger partial charge in [0.05, 0.1) is 4.47 Å². The third-order valence-corrected chi connectivity index (χ3v) is 5.23. The molecular weight excluding hydrogens is 396 g/mol. The Kier molecular flexibility index (Phi) is 5.35. The number of hydrogen-bond donors (Lipinski definition) is 0. The highest BCUT2D eigenvalue weighted by Crippen LogP contribution is 2.31. The number of piperazine rings is 1. The number of benzene rings is 1. The van der Waals surface area contributed by atoms with Gasteiger partial charge in [0.15, 0.2) is 6.10 Å². The van der Waals surface area contributed by atoms with E-state index in [0.29, 0.717) is 37.0 Å². The molecule has 1 saturated heterocycles. The molecule has 24 heavy (non-hydrogen) atoms. The zero-order chi connectivity index (χ0) is 17.3. The number of carbonyl (C=O) groups is 2. The lowest BCUT2D eigenvalue weighted by Gasteiger charge is -2.36. The quantitative estimate of drug-likeness (QED) is 0.760. The van der Waals surface area contributed by atoms with Gasteiger partial charge in [-0.3, -0.25) is 9.59 Å². The van der Waals surface area contributed by atoms with E-state index in [1.54, 1.807) is 30.0 Å². The number of halogens is 2. The number of ether oxygens (including phenoxy) is 1. The van der Waals surface area contributed by atoms with Crippen molar-refractivity contribution in [3.63, 3.8) is 0 Å². The summed E-state index contributed by atoms with van der Waals surface area (Å²) in [5, 5.41) is 0.602. The van der Waals surface area contributed by atoms with Crippen molar-refractivity contribution in [1.29, 1.82) is 0 Å². The minimum absolute atomic E-state index is 0.0598. The maximum Gasteiger partial charge on any atom is 0.263 e. The molecule has 0 N–H and O–H groups in total. The van der Waals surface area contributed by atoms with E-state index in [0.717, 1.165) is 17.3 Å². The zero-order valence-electron chi connectivity index (χ0n) is 13.5. The van der Waals surface area contributed by atoms with Crippen LogP contribution in [0.15, 0.2) is 22.7 Å². The molecule has 1 unspecified atom stereocenters. The first-order chi connectivity index (χ1) is 11.5. The van der Waals surface area contributed by atoms with Crippen LogP contribution in [0.3, 0.4) is 0 Å². The molecule has 2 fully saturated rings. The zero-order valence-corrected chi connectivity index (χ0v) is 15.8. The third-order valence-electron chi connectivity index (χ3n) is 4.38. The fraction of sp³-hybridized carbons (Fsp3) is 0.529. The van der Waals surface area contributed by atoms with Crippen LogP contribution in [0.5, 0.6) is 5.75 Å². The Labute approximate surface area is 155 Å². The van der Waals surface area contributed by atoms with Gasteiger partial charge in [-0.25, -0.2) is 0 Å². The van der Waals surface area contributed by atoms with Crippen molar-refractivity contribution >= 4 is 39.3 Å². The van der Waals surface area contributed by atoms with Crippen molar-refractivity contribution in [2.75, 3.05) is 26.2 Å². The van der Waals surface area contributed by atoms with Gasteiger partial charge in [0.25, 0.3) is 5.91 Å². The number of hydrogen-bond acceptors (Lipinski definition) is 3. The molecule has 5 nitrogen and oxygen atoms in total. The van der Waals surface area contributed by atoms with Crippen LogP contribution in [0.1, 0.15) is 19.8 Å². The van der Waals surface area contributed by atoms with Gasteiger partial charge in [-0.05, 0) is 53.9 Å². The van der Waals surface area contributed by atoms with E-state index in [1.165, 1.54) is 0 Å². The minimum Gasteiger partial charge on any atom is -0.480 e. The van der Waals surface area contributed by atoms with Crippen LogP contribution >= 0.6 is 27.5 Å². The third kappa shape index (κ3) is 4.03. The lowest BCUT2D eigenvalue weighted by molar-refractivity contribution is -0.144. The summed E-state index contributed by atoms with van der Waals surface area (Å²) >= 11 is 9.30. The van der Waals surface area contributed by atoms with Gasteiger partial charge in [-0.2, -0.15) is 0 Å². The van der Waals surface area contributed by atoms with Crippen LogP contribution in [0, 0.1) is 5.92 Å². The van der Waals surface area contributed by atoms with E-state index in [4.69, 9.17) is 16.3 Å². The van der Waals surface area contributed by atoms with E-state index >= 15 is 0 Å². The van der Waals surface area contributed by atoms with Crippen molar-refractivity contribution in [1.82, 2.24) is 9.80 Å². The van der Waals surface area contributed by atoms with Crippen LogP contribution < -0.4 is 4.74 Å². The summed E-state index contributed by atoms with van der Waals surface area (Å²) in [6.07, 6.45) is 1.44. The fourth-order valence-corrected chi connectivity index (χ4v) is 3.58. The van der Waals surface area contributed by atoms with E-state index in [1.807, 2.05) is 4.90 Å². The summed E-state index contributed by atoms with van der Waals surface area (Å²) in [4.78, 5) is 28.3. The molecule has 1 heterocycles. The molecule has 0 aromatic heterocycles. The standard InChI is InChI=1S/C17H20BrClN2O3/c1-11(24-15-5-4-13(19)10-14(15)18)16(22)20-6-8-21(9-7-20)17(23)12-2-3-12/h4-5,10-12H,2-3,6-9H2,1H3. The molecule has 2 aliphatic rings. The molecule has 3 rings (SSSR count). The number of rotatable bonds is 4. The van der Waals surface area contributed by atoms with Gasteiger partial charge < -0.3 is 14.5 Å². The van der Waals surface area contributed by atoms with Crippen molar-refractivity contribution in [3.8, 4) is 5.75 Å². The molecule has 0 bridgehead atoms. The lowest BCUT2D eigenvalue weighted by atomic mass is 10.2. The second-order valence-electron chi connectivity index (χ2n) is 6.26. The number of amides is 2. The van der Waals surface area contributed by atoms with Gasteiger partial charge in [-0.15, -0.1) is 0 Å². The monoisotopic (exact) mass is 414 g/mol. The topological polar surface area (TPSA) is 49.9 Å². The van der Waals surface area contributed by atoms with Gasteiger partial charge in [-0.1, -0.05) is 11.6 Å². The Bertz CT molecular complexity index is 643. The summed E-state index contributed by atoms with van der Waals surface area (Å²) in [7, 11) is 0. The molecule has 130 valence electrons. The van der Waals surface area contributed by atoms with Gasteiger partial charge in [0.1, 0.15) is 5.75 Å². The van der Waals surface area contributed by atoms with Crippen molar-refractivity contribution < 1.29 is 14.3 Å². The molecule has 1 atom stereocenters. The molecular formula is C17H20BrClN2O3. The summed E-state index contributed by atoms with van der Waals surface area (Å²) in [5.41, 5.74) is 0. The highest BCUT2D eigenvalue weighted by molar-refractivity contribution is 9.10. The maximum absolute atomic E-state index is 12.6. The second kappa shape index (κ2) is 7.31. The average molecular weight is 416 g/mol. The first kappa shape index (κ1) is 17.5. The molecule has 1 aliphatic carbocycles. The highest BCUT2D eigenvalue weighted by Gasteiger charge is 2.35. The predicted molar refractivity (Wildman–Crippen MR) is 95.1 cm³/mol. The molecule has 1 saturated carbocycles. The lowest BCUT2D eigenvalue weighted by Crippen LogP contribution is -2.53. The molecule has 1 aliphatic heterocycles. The first-order valence-electron chi connectivity index (χ1n) is 8.15. The molecule has 0 radical (unpaired) electrons. The molecule has 1 aromatic carbocycles. The number of nitrogens with zero attached hydrogens (tertiary/aromatic N) is 2. The Morgan fingerprint density at radius 2 is 1.83 bits per heavy atom. The fourth-order valence-electron chi connectivity index (χ4n) is 2.80. The average Bonchev–Trinajstić information content (AvgIpc) is 3.41. The highest BCUT2D eigenvalue weighted by atomic mass is 79.9. The normalized spacial score (nSPS) is 19.1. The van der Waals surface area contributed by atoms with Crippen LogP contribution in [-0.2, 0) is 9.59 Å².